The largest absolute Gasteiger partial charge is 0.283 e. The number of benzene rings is 1. The number of aryl methyl sites for hydroxylation is 3. The van der Waals surface area contributed by atoms with Crippen molar-refractivity contribution in [1.82, 2.24) is 9.66 Å². The van der Waals surface area contributed by atoms with Crippen LogP contribution in [0.25, 0.3) is 10.2 Å². The fourth-order valence-electron chi connectivity index (χ4n) is 2.22. The maximum atomic E-state index is 12.7. The molecule has 0 atom stereocenters. The van der Waals surface area contributed by atoms with Crippen LogP contribution in [0.2, 0.25) is 5.02 Å². The first kappa shape index (κ1) is 14.9. The molecule has 0 amide bonds. The van der Waals surface area contributed by atoms with Crippen LogP contribution in [0, 0.1) is 20.8 Å². The van der Waals surface area contributed by atoms with Crippen molar-refractivity contribution in [3.05, 3.63) is 61.5 Å². The van der Waals surface area contributed by atoms with E-state index in [1.807, 2.05) is 32.0 Å². The van der Waals surface area contributed by atoms with E-state index in [-0.39, 0.29) is 5.56 Å². The lowest BCUT2D eigenvalue weighted by molar-refractivity contribution is 0.772. The van der Waals surface area contributed by atoms with Gasteiger partial charge in [-0.05, 0) is 32.4 Å². The van der Waals surface area contributed by atoms with E-state index in [2.05, 4.69) is 10.1 Å². The summed E-state index contributed by atoms with van der Waals surface area (Å²) < 4.78 is 1.32. The molecule has 0 saturated heterocycles. The van der Waals surface area contributed by atoms with Gasteiger partial charge in [-0.1, -0.05) is 29.8 Å². The standard InChI is InChI=1S/C16H14ClN3OS/c1-9-10(2)22-15-14(9)16(21)20(11(3)19-15)18-8-12-6-4-5-7-13(12)17/h4-8H,1-3H3. The van der Waals surface area contributed by atoms with Crippen LogP contribution in [0.15, 0.2) is 34.2 Å². The van der Waals surface area contributed by atoms with Crippen LogP contribution in [0.1, 0.15) is 21.8 Å². The van der Waals surface area contributed by atoms with Gasteiger partial charge in [0.2, 0.25) is 0 Å². The number of hydrogen-bond acceptors (Lipinski definition) is 4. The van der Waals surface area contributed by atoms with Crippen LogP contribution in [-0.4, -0.2) is 15.9 Å². The maximum absolute atomic E-state index is 12.7. The molecule has 6 heteroatoms. The predicted molar refractivity (Wildman–Crippen MR) is 92.5 cm³/mol. The number of fused-ring (bicyclic) bond motifs is 1. The summed E-state index contributed by atoms with van der Waals surface area (Å²) in [6, 6.07) is 7.35. The number of halogens is 1. The molecule has 2 heterocycles. The second-order valence-electron chi connectivity index (χ2n) is 5.01. The van der Waals surface area contributed by atoms with Crippen molar-refractivity contribution in [2.45, 2.75) is 20.8 Å². The van der Waals surface area contributed by atoms with E-state index in [4.69, 9.17) is 11.6 Å². The quantitative estimate of drug-likeness (QED) is 0.668. The third-order valence-electron chi connectivity index (χ3n) is 3.56. The average molecular weight is 332 g/mol. The Labute approximate surface area is 136 Å². The number of nitrogens with zero attached hydrogens (tertiary/aromatic N) is 3. The van der Waals surface area contributed by atoms with Gasteiger partial charge in [0.05, 0.1) is 11.6 Å². The highest BCUT2D eigenvalue weighted by molar-refractivity contribution is 7.18. The predicted octanol–water partition coefficient (Wildman–Crippen LogP) is 3.92. The first-order valence-electron chi connectivity index (χ1n) is 6.77. The Kier molecular flexibility index (Phi) is 3.85. The molecule has 0 radical (unpaired) electrons. The Bertz CT molecular complexity index is 956. The zero-order valence-electron chi connectivity index (χ0n) is 12.4. The van der Waals surface area contributed by atoms with Crippen molar-refractivity contribution in [2.24, 2.45) is 5.10 Å². The van der Waals surface area contributed by atoms with Crippen LogP contribution in [0.5, 0.6) is 0 Å². The number of rotatable bonds is 2. The van der Waals surface area contributed by atoms with Crippen molar-refractivity contribution < 1.29 is 0 Å². The fourth-order valence-corrected chi connectivity index (χ4v) is 3.47. The van der Waals surface area contributed by atoms with Gasteiger partial charge in [-0.3, -0.25) is 4.79 Å². The van der Waals surface area contributed by atoms with Crippen molar-refractivity contribution >= 4 is 39.4 Å². The Morgan fingerprint density at radius 1 is 1.27 bits per heavy atom. The van der Waals surface area contributed by atoms with Gasteiger partial charge in [0.25, 0.3) is 5.56 Å². The first-order chi connectivity index (χ1) is 10.5. The molecular formula is C16H14ClN3OS. The molecular weight excluding hydrogens is 318 g/mol. The molecule has 2 aromatic heterocycles. The summed E-state index contributed by atoms with van der Waals surface area (Å²) in [5.41, 5.74) is 1.58. The van der Waals surface area contributed by atoms with Crippen molar-refractivity contribution in [3.8, 4) is 0 Å². The van der Waals surface area contributed by atoms with Crippen LogP contribution in [0.3, 0.4) is 0 Å². The van der Waals surface area contributed by atoms with E-state index in [1.54, 1.807) is 19.2 Å². The maximum Gasteiger partial charge on any atom is 0.283 e. The van der Waals surface area contributed by atoms with Gasteiger partial charge in [-0.15, -0.1) is 11.3 Å². The molecule has 1 aromatic carbocycles. The van der Waals surface area contributed by atoms with Crippen LogP contribution < -0.4 is 5.56 Å². The smallest absolute Gasteiger partial charge is 0.267 e. The van der Waals surface area contributed by atoms with Gasteiger partial charge >= 0.3 is 0 Å². The van der Waals surface area contributed by atoms with Crippen LogP contribution >= 0.6 is 22.9 Å². The van der Waals surface area contributed by atoms with E-state index in [0.29, 0.717) is 16.2 Å². The van der Waals surface area contributed by atoms with Gasteiger partial charge in [-0.2, -0.15) is 9.78 Å². The number of thiophene rings is 1. The van der Waals surface area contributed by atoms with Crippen LogP contribution in [-0.2, 0) is 0 Å². The summed E-state index contributed by atoms with van der Waals surface area (Å²) in [7, 11) is 0. The van der Waals surface area contributed by atoms with Gasteiger partial charge in [-0.25, -0.2) is 4.98 Å². The van der Waals surface area contributed by atoms with Crippen LogP contribution in [0.4, 0.5) is 0 Å². The van der Waals surface area contributed by atoms with Gasteiger partial charge in [0.1, 0.15) is 10.7 Å². The van der Waals surface area contributed by atoms with E-state index in [9.17, 15) is 4.79 Å². The highest BCUT2D eigenvalue weighted by Crippen LogP contribution is 2.26. The first-order valence-corrected chi connectivity index (χ1v) is 7.96. The van der Waals surface area contributed by atoms with Crippen molar-refractivity contribution in [1.29, 1.82) is 0 Å². The molecule has 0 aliphatic carbocycles. The molecule has 0 aliphatic heterocycles. The zero-order chi connectivity index (χ0) is 15.9. The molecule has 22 heavy (non-hydrogen) atoms. The zero-order valence-corrected chi connectivity index (χ0v) is 14.0. The highest BCUT2D eigenvalue weighted by Gasteiger charge is 2.14. The number of hydrogen-bond donors (Lipinski definition) is 0. The average Bonchev–Trinajstić information content (AvgIpc) is 2.75. The topological polar surface area (TPSA) is 47.2 Å². The van der Waals surface area contributed by atoms with Crippen molar-refractivity contribution in [3.63, 3.8) is 0 Å². The molecule has 0 spiro atoms. The molecule has 0 saturated carbocycles. The summed E-state index contributed by atoms with van der Waals surface area (Å²) in [6.45, 7) is 5.71. The minimum Gasteiger partial charge on any atom is -0.267 e. The lowest BCUT2D eigenvalue weighted by atomic mass is 10.2. The Balaban J connectivity index is 2.17. The fraction of sp³-hybridized carbons (Fsp3) is 0.188. The van der Waals surface area contributed by atoms with E-state index in [1.165, 1.54) is 16.0 Å². The van der Waals surface area contributed by atoms with Gasteiger partial charge in [0.15, 0.2) is 0 Å². The molecule has 3 aromatic rings. The minimum absolute atomic E-state index is 0.146. The molecule has 3 rings (SSSR count). The van der Waals surface area contributed by atoms with Gasteiger partial charge < -0.3 is 0 Å². The van der Waals surface area contributed by atoms with Crippen molar-refractivity contribution in [2.75, 3.05) is 0 Å². The SMILES string of the molecule is Cc1sc2nc(C)n(N=Cc3ccccc3Cl)c(=O)c2c1C. The monoisotopic (exact) mass is 331 g/mol. The normalized spacial score (nSPS) is 11.6. The highest BCUT2D eigenvalue weighted by atomic mass is 35.5. The summed E-state index contributed by atoms with van der Waals surface area (Å²) in [5.74, 6) is 0.557. The Morgan fingerprint density at radius 2 is 2.00 bits per heavy atom. The lowest BCUT2D eigenvalue weighted by Crippen LogP contribution is -2.20. The van der Waals surface area contributed by atoms with Gasteiger partial charge in [0, 0.05) is 15.5 Å². The summed E-state index contributed by atoms with van der Waals surface area (Å²) >= 11 is 7.64. The third kappa shape index (κ3) is 2.46. The summed E-state index contributed by atoms with van der Waals surface area (Å²) in [4.78, 5) is 19.0. The lowest BCUT2D eigenvalue weighted by Gasteiger charge is -2.03. The molecule has 0 aliphatic rings. The Morgan fingerprint density at radius 3 is 2.73 bits per heavy atom. The Hall–Kier alpha value is -1.98. The summed E-state index contributed by atoms with van der Waals surface area (Å²) in [5, 5.41) is 5.51. The molecule has 4 nitrogen and oxygen atoms in total. The number of aromatic nitrogens is 2. The molecule has 0 fully saturated rings. The molecule has 112 valence electrons. The summed E-state index contributed by atoms with van der Waals surface area (Å²) in [6.07, 6.45) is 1.58. The molecule has 0 unspecified atom stereocenters. The minimum atomic E-state index is -0.146. The van der Waals surface area contributed by atoms with E-state index >= 15 is 0 Å². The second kappa shape index (κ2) is 5.66. The molecule has 0 bridgehead atoms. The van der Waals surface area contributed by atoms with E-state index in [0.717, 1.165) is 20.8 Å². The third-order valence-corrected chi connectivity index (χ3v) is 5.01. The second-order valence-corrected chi connectivity index (χ2v) is 6.62. The van der Waals surface area contributed by atoms with E-state index < -0.39 is 0 Å². The molecule has 0 N–H and O–H groups in total.